The summed E-state index contributed by atoms with van der Waals surface area (Å²) >= 11 is 1.88. The van der Waals surface area contributed by atoms with Crippen molar-refractivity contribution in [1.29, 1.82) is 0 Å². The quantitative estimate of drug-likeness (QED) is 0.577. The summed E-state index contributed by atoms with van der Waals surface area (Å²) in [5, 5.41) is 13.8. The summed E-state index contributed by atoms with van der Waals surface area (Å²) in [6.07, 6.45) is 0.568. The molecule has 11 heteroatoms. The molecular formula is C13H22N4O4S3. The van der Waals surface area contributed by atoms with Gasteiger partial charge in [0.1, 0.15) is 6.26 Å². The highest BCUT2D eigenvalue weighted by atomic mass is 32.3. The Morgan fingerprint density at radius 2 is 2.08 bits per heavy atom. The molecule has 0 atom stereocenters. The number of rotatable bonds is 8. The SMILES string of the molecule is CCOc1nsnc1N/C(C)=C/S/C(=C/O)S(=O)(=O)NC(C)(C)C. The van der Waals surface area contributed by atoms with E-state index < -0.39 is 15.6 Å². The number of aliphatic hydroxyl groups excluding tert-OH is 1. The molecule has 0 aliphatic carbocycles. The second-order valence-electron chi connectivity index (χ2n) is 5.70. The van der Waals surface area contributed by atoms with Crippen molar-refractivity contribution in [3.05, 3.63) is 21.6 Å². The van der Waals surface area contributed by atoms with Gasteiger partial charge in [-0.3, -0.25) is 0 Å². The lowest BCUT2D eigenvalue weighted by Gasteiger charge is -2.20. The van der Waals surface area contributed by atoms with E-state index in [2.05, 4.69) is 18.8 Å². The van der Waals surface area contributed by atoms with Crippen LogP contribution in [0.4, 0.5) is 5.82 Å². The summed E-state index contributed by atoms with van der Waals surface area (Å²) in [6.45, 7) is 9.20. The number of hydrogen-bond acceptors (Lipinski definition) is 9. The minimum Gasteiger partial charge on any atom is -0.514 e. The van der Waals surface area contributed by atoms with Crippen LogP contribution in [-0.4, -0.2) is 34.4 Å². The Kier molecular flexibility index (Phi) is 7.52. The van der Waals surface area contributed by atoms with Crippen LogP contribution in [0.3, 0.4) is 0 Å². The number of nitrogens with zero attached hydrogens (tertiary/aromatic N) is 2. The van der Waals surface area contributed by atoms with Gasteiger partial charge in [0.2, 0.25) is 15.8 Å². The number of ether oxygens (including phenoxy) is 1. The van der Waals surface area contributed by atoms with Gasteiger partial charge in [-0.2, -0.15) is 4.37 Å². The van der Waals surface area contributed by atoms with Crippen molar-refractivity contribution < 1.29 is 18.3 Å². The predicted octanol–water partition coefficient (Wildman–Crippen LogP) is 3.02. The molecule has 1 aromatic rings. The first-order valence-corrected chi connectivity index (χ1v) is 10.1. The van der Waals surface area contributed by atoms with Crippen LogP contribution in [0.1, 0.15) is 34.6 Å². The summed E-state index contributed by atoms with van der Waals surface area (Å²) in [5.41, 5.74) is -0.0254. The van der Waals surface area contributed by atoms with Gasteiger partial charge in [-0.15, -0.1) is 4.37 Å². The first kappa shape index (κ1) is 20.7. The monoisotopic (exact) mass is 394 g/mol. The second kappa shape index (κ2) is 8.70. The molecule has 1 aromatic heterocycles. The third-order valence-corrected chi connectivity index (χ3v) is 6.00. The molecule has 0 fully saturated rings. The lowest BCUT2D eigenvalue weighted by Crippen LogP contribution is -2.40. The van der Waals surface area contributed by atoms with Crippen LogP contribution < -0.4 is 14.8 Å². The Morgan fingerprint density at radius 3 is 2.62 bits per heavy atom. The van der Waals surface area contributed by atoms with E-state index in [0.29, 0.717) is 30.3 Å². The Bertz CT molecular complexity index is 705. The van der Waals surface area contributed by atoms with Gasteiger partial charge in [-0.05, 0) is 40.0 Å². The van der Waals surface area contributed by atoms with Gasteiger partial charge in [-0.25, -0.2) is 13.1 Å². The molecule has 0 aromatic carbocycles. The fourth-order valence-corrected chi connectivity index (χ4v) is 4.16. The minimum atomic E-state index is -3.80. The topological polar surface area (TPSA) is 113 Å². The number of nitrogens with one attached hydrogen (secondary N) is 2. The molecule has 136 valence electrons. The molecule has 1 heterocycles. The number of thioether (sulfide) groups is 1. The molecule has 0 aliphatic rings. The lowest BCUT2D eigenvalue weighted by molar-refractivity contribution is 0.331. The first-order chi connectivity index (χ1) is 11.1. The molecule has 0 radical (unpaired) electrons. The van der Waals surface area contributed by atoms with Gasteiger partial charge in [0, 0.05) is 11.2 Å². The van der Waals surface area contributed by atoms with E-state index in [-0.39, 0.29) is 4.24 Å². The summed E-state index contributed by atoms with van der Waals surface area (Å²) in [7, 11) is -3.80. The average molecular weight is 395 g/mol. The van der Waals surface area contributed by atoms with Crippen LogP contribution in [0.5, 0.6) is 5.88 Å². The number of aliphatic hydroxyl groups is 1. The summed E-state index contributed by atoms with van der Waals surface area (Å²) < 4.78 is 40.0. The molecule has 3 N–H and O–H groups in total. The van der Waals surface area contributed by atoms with Gasteiger partial charge in [-0.1, -0.05) is 11.8 Å². The number of allylic oxidation sites excluding steroid dienone is 1. The maximum Gasteiger partial charge on any atom is 0.270 e. The molecular weight excluding hydrogens is 372 g/mol. The van der Waals surface area contributed by atoms with Crippen LogP contribution in [-0.2, 0) is 10.0 Å². The summed E-state index contributed by atoms with van der Waals surface area (Å²) in [4.78, 5) is 0. The lowest BCUT2D eigenvalue weighted by atomic mass is 10.1. The average Bonchev–Trinajstić information content (AvgIpc) is 2.84. The van der Waals surface area contributed by atoms with E-state index in [4.69, 9.17) is 4.74 Å². The second-order valence-corrected chi connectivity index (χ2v) is 9.05. The highest BCUT2D eigenvalue weighted by Crippen LogP contribution is 2.27. The smallest absolute Gasteiger partial charge is 0.270 e. The molecule has 0 saturated heterocycles. The third kappa shape index (κ3) is 6.67. The zero-order valence-electron chi connectivity index (χ0n) is 14.2. The van der Waals surface area contributed by atoms with Crippen molar-refractivity contribution in [3.63, 3.8) is 0 Å². The fourth-order valence-electron chi connectivity index (χ4n) is 1.47. The molecule has 0 aliphatic heterocycles. The Hall–Kier alpha value is -1.30. The van der Waals surface area contributed by atoms with Gasteiger partial charge in [0.25, 0.3) is 5.88 Å². The van der Waals surface area contributed by atoms with Crippen molar-refractivity contribution in [3.8, 4) is 5.88 Å². The molecule has 24 heavy (non-hydrogen) atoms. The van der Waals surface area contributed by atoms with Crippen LogP contribution in [0.2, 0.25) is 0 Å². The van der Waals surface area contributed by atoms with E-state index in [1.54, 1.807) is 33.1 Å². The van der Waals surface area contributed by atoms with Crippen LogP contribution in [0.25, 0.3) is 0 Å². The number of aromatic nitrogens is 2. The van der Waals surface area contributed by atoms with Gasteiger partial charge in [0.15, 0.2) is 4.24 Å². The summed E-state index contributed by atoms with van der Waals surface area (Å²) in [5.74, 6) is 0.849. The highest BCUT2D eigenvalue weighted by Gasteiger charge is 2.24. The Balaban J connectivity index is 2.80. The summed E-state index contributed by atoms with van der Waals surface area (Å²) in [6, 6.07) is 0. The highest BCUT2D eigenvalue weighted by molar-refractivity contribution is 8.19. The van der Waals surface area contributed by atoms with Crippen molar-refractivity contribution in [2.75, 3.05) is 11.9 Å². The molecule has 1 rings (SSSR count). The number of anilines is 1. The van der Waals surface area contributed by atoms with Crippen LogP contribution >= 0.6 is 23.5 Å². The maximum absolute atomic E-state index is 12.2. The van der Waals surface area contributed by atoms with Gasteiger partial charge < -0.3 is 15.2 Å². The molecule has 0 amide bonds. The van der Waals surface area contributed by atoms with Crippen molar-refractivity contribution in [1.82, 2.24) is 13.5 Å². The third-order valence-electron chi connectivity index (χ3n) is 2.22. The van der Waals surface area contributed by atoms with Gasteiger partial charge >= 0.3 is 0 Å². The maximum atomic E-state index is 12.2. The van der Waals surface area contributed by atoms with Crippen LogP contribution in [0.15, 0.2) is 21.6 Å². The fraction of sp³-hybridized carbons (Fsp3) is 0.538. The normalized spacial score (nSPS) is 13.9. The zero-order valence-corrected chi connectivity index (χ0v) is 16.6. The Labute approximate surface area is 150 Å². The van der Waals surface area contributed by atoms with Crippen LogP contribution in [0, 0.1) is 0 Å². The van der Waals surface area contributed by atoms with Crippen molar-refractivity contribution in [2.45, 2.75) is 40.2 Å². The predicted molar refractivity (Wildman–Crippen MR) is 98.6 cm³/mol. The number of sulfonamides is 1. The van der Waals surface area contributed by atoms with Gasteiger partial charge in [0.05, 0.1) is 18.3 Å². The van der Waals surface area contributed by atoms with E-state index in [1.807, 2.05) is 6.92 Å². The Morgan fingerprint density at radius 1 is 1.42 bits per heavy atom. The molecule has 0 spiro atoms. The number of hydrogen-bond donors (Lipinski definition) is 3. The zero-order chi connectivity index (χ0) is 18.4. The van der Waals surface area contributed by atoms with Crippen molar-refractivity contribution in [2.24, 2.45) is 0 Å². The van der Waals surface area contributed by atoms with E-state index in [0.717, 1.165) is 23.5 Å². The largest absolute Gasteiger partial charge is 0.514 e. The standard InChI is InChI=1S/C13H22N4O4S3/c1-6-21-12-11(15-23-16-12)14-9(2)8-22-10(7-18)24(19,20)17-13(3,4)5/h7-8,17-18H,6H2,1-5H3,(H,14,15)/b9-8+,10-7-. The molecule has 0 bridgehead atoms. The van der Waals surface area contributed by atoms with E-state index in [9.17, 15) is 13.5 Å². The molecule has 0 unspecified atom stereocenters. The molecule has 8 nitrogen and oxygen atoms in total. The molecule has 0 saturated carbocycles. The van der Waals surface area contributed by atoms with Crippen molar-refractivity contribution >= 4 is 39.3 Å². The minimum absolute atomic E-state index is 0.208. The first-order valence-electron chi connectivity index (χ1n) is 7.03. The van der Waals surface area contributed by atoms with E-state index in [1.165, 1.54) is 0 Å². The van der Waals surface area contributed by atoms with E-state index >= 15 is 0 Å².